The third-order valence-electron chi connectivity index (χ3n) is 3.03. The van der Waals surface area contributed by atoms with Gasteiger partial charge in [0.15, 0.2) is 0 Å². The van der Waals surface area contributed by atoms with E-state index < -0.39 is 0 Å². The molecule has 1 aromatic carbocycles. The Morgan fingerprint density at radius 2 is 2.31 bits per heavy atom. The lowest BCUT2D eigenvalue weighted by Gasteiger charge is -2.07. The monoisotopic (exact) mass is 233 g/mol. The maximum absolute atomic E-state index is 10.4. The number of carbonyl (C=O) groups excluding carboxylic acids is 1. The normalized spacial score (nSPS) is 17.1. The van der Waals surface area contributed by atoms with Crippen molar-refractivity contribution in [1.82, 2.24) is 10.2 Å². The standard InChI is InChI=1S/C11H8ClN3O/c12-10-8-2-1-7(5-9(8)14-15-10)11(3-4-11)13-6-16/h1-2,5H,3-4H2,(H,14,15). The summed E-state index contributed by atoms with van der Waals surface area (Å²) in [6, 6.07) is 5.76. The van der Waals surface area contributed by atoms with Gasteiger partial charge in [0.05, 0.1) is 11.1 Å². The first-order chi connectivity index (χ1) is 7.75. The first-order valence-corrected chi connectivity index (χ1v) is 5.36. The molecule has 16 heavy (non-hydrogen) atoms. The summed E-state index contributed by atoms with van der Waals surface area (Å²) in [6.07, 6.45) is 3.43. The molecule has 1 aliphatic rings. The number of rotatable bonds is 2. The van der Waals surface area contributed by atoms with Crippen LogP contribution < -0.4 is 0 Å². The zero-order valence-corrected chi connectivity index (χ0v) is 9.08. The third kappa shape index (κ3) is 1.28. The molecule has 80 valence electrons. The topological polar surface area (TPSA) is 58.1 Å². The second-order valence-corrected chi connectivity index (χ2v) is 4.38. The Balaban J connectivity index is 2.16. The van der Waals surface area contributed by atoms with Crippen molar-refractivity contribution in [3.63, 3.8) is 0 Å². The molecule has 1 aliphatic carbocycles. The highest BCUT2D eigenvalue weighted by Crippen LogP contribution is 2.49. The number of fused-ring (bicyclic) bond motifs is 1. The van der Waals surface area contributed by atoms with Crippen LogP contribution in [-0.2, 0) is 10.3 Å². The molecule has 0 aliphatic heterocycles. The Kier molecular flexibility index (Phi) is 1.90. The van der Waals surface area contributed by atoms with Gasteiger partial charge in [0.1, 0.15) is 5.15 Å². The zero-order valence-electron chi connectivity index (χ0n) is 8.33. The molecule has 1 heterocycles. The molecule has 0 saturated heterocycles. The van der Waals surface area contributed by atoms with Crippen LogP contribution in [0.4, 0.5) is 0 Å². The molecule has 1 N–H and O–H groups in total. The van der Waals surface area contributed by atoms with Gasteiger partial charge in [0, 0.05) is 5.39 Å². The molecule has 2 aromatic rings. The van der Waals surface area contributed by atoms with E-state index in [1.54, 1.807) is 6.08 Å². The van der Waals surface area contributed by atoms with Crippen molar-refractivity contribution in [1.29, 1.82) is 0 Å². The smallest absolute Gasteiger partial charge is 0.235 e. The minimum atomic E-state index is -0.346. The molecular weight excluding hydrogens is 226 g/mol. The Bertz CT molecular complexity index is 609. The van der Waals surface area contributed by atoms with Gasteiger partial charge in [-0.3, -0.25) is 5.10 Å². The van der Waals surface area contributed by atoms with Gasteiger partial charge in [-0.15, -0.1) is 0 Å². The lowest BCUT2D eigenvalue weighted by molar-refractivity contribution is 0.556. The van der Waals surface area contributed by atoms with Gasteiger partial charge in [-0.25, -0.2) is 4.79 Å². The zero-order chi connectivity index (χ0) is 11.2. The first kappa shape index (κ1) is 9.58. The molecule has 3 rings (SSSR count). The molecule has 0 radical (unpaired) electrons. The minimum Gasteiger partial charge on any atom is -0.266 e. The van der Waals surface area contributed by atoms with Gasteiger partial charge >= 0.3 is 0 Å². The van der Waals surface area contributed by atoms with Crippen molar-refractivity contribution in [3.8, 4) is 0 Å². The van der Waals surface area contributed by atoms with E-state index in [1.807, 2.05) is 18.2 Å². The van der Waals surface area contributed by atoms with E-state index in [1.165, 1.54) is 0 Å². The fraction of sp³-hybridized carbons (Fsp3) is 0.273. The summed E-state index contributed by atoms with van der Waals surface area (Å²) in [5.74, 6) is 0. The molecule has 0 spiro atoms. The SMILES string of the molecule is O=C=NC1(c2ccc3c(Cl)[nH]nc3c2)CC1. The van der Waals surface area contributed by atoms with Crippen LogP contribution in [0.25, 0.3) is 10.9 Å². The summed E-state index contributed by atoms with van der Waals surface area (Å²) in [5, 5.41) is 8.22. The molecule has 1 aromatic heterocycles. The van der Waals surface area contributed by atoms with Crippen molar-refractivity contribution >= 4 is 28.6 Å². The molecule has 5 heteroatoms. The molecule has 4 nitrogen and oxygen atoms in total. The number of hydrogen-bond acceptors (Lipinski definition) is 3. The Morgan fingerprint density at radius 3 is 3.00 bits per heavy atom. The van der Waals surface area contributed by atoms with Gasteiger partial charge in [-0.2, -0.15) is 10.1 Å². The van der Waals surface area contributed by atoms with Crippen LogP contribution in [0.2, 0.25) is 5.15 Å². The van der Waals surface area contributed by atoms with E-state index in [2.05, 4.69) is 15.2 Å². The molecular formula is C11H8ClN3O. The van der Waals surface area contributed by atoms with Crippen LogP contribution in [0.3, 0.4) is 0 Å². The van der Waals surface area contributed by atoms with Crippen LogP contribution in [0.1, 0.15) is 18.4 Å². The van der Waals surface area contributed by atoms with E-state index in [0.717, 1.165) is 29.3 Å². The van der Waals surface area contributed by atoms with Gasteiger partial charge in [-0.05, 0) is 30.5 Å². The first-order valence-electron chi connectivity index (χ1n) is 4.98. The van der Waals surface area contributed by atoms with Crippen molar-refractivity contribution < 1.29 is 4.79 Å². The predicted octanol–water partition coefficient (Wildman–Crippen LogP) is 2.54. The molecule has 0 unspecified atom stereocenters. The van der Waals surface area contributed by atoms with E-state index in [0.29, 0.717) is 5.15 Å². The van der Waals surface area contributed by atoms with E-state index in [-0.39, 0.29) is 5.54 Å². The highest BCUT2D eigenvalue weighted by atomic mass is 35.5. The van der Waals surface area contributed by atoms with Gasteiger partial charge in [-0.1, -0.05) is 17.7 Å². The number of nitrogens with zero attached hydrogens (tertiary/aromatic N) is 2. The number of isocyanates is 1. The number of benzene rings is 1. The van der Waals surface area contributed by atoms with Crippen molar-refractivity contribution in [3.05, 3.63) is 28.9 Å². The predicted molar refractivity (Wildman–Crippen MR) is 60.1 cm³/mol. The summed E-state index contributed by atoms with van der Waals surface area (Å²) >= 11 is 5.91. The Morgan fingerprint density at radius 1 is 1.50 bits per heavy atom. The van der Waals surface area contributed by atoms with Gasteiger partial charge < -0.3 is 0 Å². The van der Waals surface area contributed by atoms with Crippen molar-refractivity contribution in [2.75, 3.05) is 0 Å². The number of aromatic nitrogens is 2. The average molecular weight is 234 g/mol. The number of hydrogen-bond donors (Lipinski definition) is 1. The lowest BCUT2D eigenvalue weighted by Crippen LogP contribution is -2.01. The number of halogens is 1. The lowest BCUT2D eigenvalue weighted by atomic mass is 10.0. The Labute approximate surface area is 96.3 Å². The van der Waals surface area contributed by atoms with E-state index >= 15 is 0 Å². The van der Waals surface area contributed by atoms with Gasteiger partial charge in [0.25, 0.3) is 0 Å². The fourth-order valence-electron chi connectivity index (χ4n) is 1.94. The molecule has 0 bridgehead atoms. The Hall–Kier alpha value is -1.64. The average Bonchev–Trinajstić information content (AvgIpc) is 2.99. The molecule has 1 fully saturated rings. The quantitative estimate of drug-likeness (QED) is 0.640. The van der Waals surface area contributed by atoms with Crippen molar-refractivity contribution in [2.45, 2.75) is 18.4 Å². The highest BCUT2D eigenvalue weighted by Gasteiger charge is 2.44. The maximum atomic E-state index is 10.4. The second-order valence-electron chi connectivity index (χ2n) is 4.00. The summed E-state index contributed by atoms with van der Waals surface area (Å²) in [6.45, 7) is 0. The van der Waals surface area contributed by atoms with E-state index in [4.69, 9.17) is 11.6 Å². The van der Waals surface area contributed by atoms with Crippen LogP contribution in [-0.4, -0.2) is 16.3 Å². The fourth-order valence-corrected chi connectivity index (χ4v) is 2.14. The van der Waals surface area contributed by atoms with Gasteiger partial charge in [0.2, 0.25) is 6.08 Å². The molecule has 1 saturated carbocycles. The number of aliphatic imine (C=N–C) groups is 1. The number of H-pyrrole nitrogens is 1. The summed E-state index contributed by atoms with van der Waals surface area (Å²) < 4.78 is 0. The summed E-state index contributed by atoms with van der Waals surface area (Å²) in [5.41, 5.74) is 1.46. The van der Waals surface area contributed by atoms with Crippen LogP contribution in [0, 0.1) is 0 Å². The molecule has 0 amide bonds. The summed E-state index contributed by atoms with van der Waals surface area (Å²) in [4.78, 5) is 14.2. The van der Waals surface area contributed by atoms with Crippen LogP contribution in [0.5, 0.6) is 0 Å². The number of aromatic amines is 1. The molecule has 0 atom stereocenters. The largest absolute Gasteiger partial charge is 0.266 e. The number of nitrogens with one attached hydrogen (secondary N) is 1. The maximum Gasteiger partial charge on any atom is 0.235 e. The minimum absolute atomic E-state index is 0.346. The third-order valence-corrected chi connectivity index (χ3v) is 3.32. The van der Waals surface area contributed by atoms with E-state index in [9.17, 15) is 4.79 Å². The highest BCUT2D eigenvalue weighted by molar-refractivity contribution is 6.34. The van der Waals surface area contributed by atoms with Crippen LogP contribution >= 0.6 is 11.6 Å². The van der Waals surface area contributed by atoms with Crippen LogP contribution in [0.15, 0.2) is 23.2 Å². The second kappa shape index (κ2) is 3.17. The summed E-state index contributed by atoms with van der Waals surface area (Å²) in [7, 11) is 0. The van der Waals surface area contributed by atoms with Crippen molar-refractivity contribution in [2.24, 2.45) is 4.99 Å².